The van der Waals surface area contributed by atoms with Crippen molar-refractivity contribution in [2.24, 2.45) is 9.98 Å². The summed E-state index contributed by atoms with van der Waals surface area (Å²) in [5, 5.41) is 0. The van der Waals surface area contributed by atoms with Gasteiger partial charge in [-0.3, -0.25) is 9.98 Å². The zero-order chi connectivity index (χ0) is 23.1. The first kappa shape index (κ1) is 31.5. The van der Waals surface area contributed by atoms with Crippen LogP contribution in [0.3, 0.4) is 0 Å². The number of rotatable bonds is 3. The van der Waals surface area contributed by atoms with Crippen LogP contribution in [-0.2, 0) is 16.0 Å². The molecule has 0 aliphatic rings. The number of hydrogen-bond donors (Lipinski definition) is 0. The molecule has 0 unspecified atom stereocenters. The Labute approximate surface area is 227 Å². The van der Waals surface area contributed by atoms with E-state index in [9.17, 15) is 0 Å². The summed E-state index contributed by atoms with van der Waals surface area (Å²) in [6, 6.07) is 12.5. The normalized spacial score (nSPS) is 11.0. The van der Waals surface area contributed by atoms with Crippen molar-refractivity contribution in [3.8, 4) is 0 Å². The molecule has 3 nitrogen and oxygen atoms in total. The Morgan fingerprint density at radius 3 is 1.79 bits per heavy atom. The van der Waals surface area contributed by atoms with Gasteiger partial charge in [0.25, 0.3) is 0 Å². The predicted molar refractivity (Wildman–Crippen MR) is 133 cm³/mol. The van der Waals surface area contributed by atoms with Gasteiger partial charge in [-0.05, 0) is 60.0 Å². The Bertz CT molecular complexity index is 1080. The fourth-order valence-electron chi connectivity index (χ4n) is 3.36. The van der Waals surface area contributed by atoms with Crippen molar-refractivity contribution in [2.45, 2.75) is 48.5 Å². The van der Waals surface area contributed by atoms with E-state index in [1.807, 2.05) is 32.2 Å². The Morgan fingerprint density at radius 2 is 1.33 bits per heavy atom. The van der Waals surface area contributed by atoms with Crippen molar-refractivity contribution in [1.29, 1.82) is 0 Å². The summed E-state index contributed by atoms with van der Waals surface area (Å²) >= 11 is 7.36. The van der Waals surface area contributed by atoms with E-state index in [1.165, 1.54) is 27.8 Å². The fraction of sp³-hybridized carbons (Fsp3) is 0.269. The molecule has 3 aromatic rings. The summed E-state index contributed by atoms with van der Waals surface area (Å²) in [5.74, 6) is 0. The van der Waals surface area contributed by atoms with E-state index >= 15 is 0 Å². The molecule has 0 aliphatic heterocycles. The minimum Gasteiger partial charge on any atom is -1.00 e. The molecule has 1 heterocycles. The molecule has 0 amide bonds. The van der Waals surface area contributed by atoms with Crippen LogP contribution < -0.4 is 24.8 Å². The Morgan fingerprint density at radius 1 is 0.818 bits per heavy atom. The molecular formula is C26H29BrCl2FeN3. The van der Waals surface area contributed by atoms with Gasteiger partial charge < -0.3 is 24.8 Å². The molecule has 0 N–H and O–H groups in total. The Balaban J connectivity index is 0.000000613. The SMILES string of the molecule is CC(=Nc1c(C)cc(C)cc1Br)c1cccnc1.C[C]([Fe+2])=Nc1c(C)cc(C)cc1C.[Cl-].[Cl-]. The zero-order valence-corrected chi connectivity index (χ0v) is 24.1. The van der Waals surface area contributed by atoms with Gasteiger partial charge in [-0.15, -0.1) is 0 Å². The standard InChI is InChI=1S/C15H15BrN2.C11H14N.2ClH.Fe/c1-10-7-11(2)15(14(16)8-10)18-12(3)13-5-4-6-17-9-13;1-5-12-11-9(3)6-8(2)7-10(11)4;;;/h4-9H,1-3H3;6-7H,1-4H3;2*1H;/q;;;;+2/p-2. The molecule has 3 rings (SSSR count). The van der Waals surface area contributed by atoms with Crippen LogP contribution in [0.15, 0.2) is 63.2 Å². The third kappa shape index (κ3) is 9.72. The van der Waals surface area contributed by atoms with Gasteiger partial charge in [0.1, 0.15) is 0 Å². The summed E-state index contributed by atoms with van der Waals surface area (Å²) in [7, 11) is 0. The minimum atomic E-state index is 0. The number of nitrogens with zero attached hydrogens (tertiary/aromatic N) is 3. The van der Waals surface area contributed by atoms with Gasteiger partial charge in [-0.1, -0.05) is 12.1 Å². The van der Waals surface area contributed by atoms with E-state index in [0.29, 0.717) is 0 Å². The van der Waals surface area contributed by atoms with E-state index in [0.717, 1.165) is 31.7 Å². The molecule has 0 bridgehead atoms. The zero-order valence-electron chi connectivity index (χ0n) is 19.9. The predicted octanol–water partition coefficient (Wildman–Crippen LogP) is 1.82. The molecule has 33 heavy (non-hydrogen) atoms. The van der Waals surface area contributed by atoms with E-state index in [-0.39, 0.29) is 24.8 Å². The van der Waals surface area contributed by atoms with Crippen LogP contribution in [-0.4, -0.2) is 15.3 Å². The molecule has 0 saturated heterocycles. The molecular weight excluding hydrogens is 561 g/mol. The maximum atomic E-state index is 4.70. The molecule has 0 aliphatic carbocycles. The van der Waals surface area contributed by atoms with Crippen molar-refractivity contribution < 1.29 is 40.8 Å². The van der Waals surface area contributed by atoms with Crippen molar-refractivity contribution in [2.75, 3.05) is 0 Å². The maximum absolute atomic E-state index is 4.70. The number of aliphatic imine (C=N–C) groups is 2. The summed E-state index contributed by atoms with van der Waals surface area (Å²) in [6.07, 6.45) is 3.60. The van der Waals surface area contributed by atoms with E-state index in [2.05, 4.69) is 101 Å². The monoisotopic (exact) mass is 588 g/mol. The number of aromatic nitrogens is 1. The molecule has 0 saturated carbocycles. The molecule has 0 spiro atoms. The second kappa shape index (κ2) is 14.7. The fourth-order valence-corrected chi connectivity index (χ4v) is 4.24. The molecule has 0 fully saturated rings. The quantitative estimate of drug-likeness (QED) is 0.339. The Kier molecular flexibility index (Phi) is 14.0. The van der Waals surface area contributed by atoms with Crippen LogP contribution >= 0.6 is 15.9 Å². The van der Waals surface area contributed by atoms with E-state index in [4.69, 9.17) is 4.99 Å². The van der Waals surface area contributed by atoms with Gasteiger partial charge in [0.05, 0.1) is 5.69 Å². The molecule has 0 radical (unpaired) electrons. The first-order valence-electron chi connectivity index (χ1n) is 10.1. The topological polar surface area (TPSA) is 37.6 Å². The van der Waals surface area contributed by atoms with Crippen molar-refractivity contribution in [1.82, 2.24) is 4.98 Å². The van der Waals surface area contributed by atoms with Crippen LogP contribution in [0.1, 0.15) is 47.2 Å². The average Bonchev–Trinajstić information content (AvgIpc) is 2.68. The molecule has 177 valence electrons. The van der Waals surface area contributed by atoms with Gasteiger partial charge in [0.2, 0.25) is 0 Å². The third-order valence-electron chi connectivity index (χ3n) is 4.66. The van der Waals surface area contributed by atoms with Crippen molar-refractivity contribution >= 4 is 37.6 Å². The number of aryl methyl sites for hydroxylation is 5. The molecule has 0 atom stereocenters. The smallest absolute Gasteiger partial charge is 1.00 e. The van der Waals surface area contributed by atoms with Crippen LogP contribution in [0, 0.1) is 34.6 Å². The van der Waals surface area contributed by atoms with Gasteiger partial charge in [0.15, 0.2) is 0 Å². The van der Waals surface area contributed by atoms with Crippen molar-refractivity contribution in [3.05, 3.63) is 86.6 Å². The number of hydrogen-bond acceptors (Lipinski definition) is 3. The number of benzene rings is 2. The first-order chi connectivity index (χ1) is 14.6. The Hall–Kier alpha value is -1.49. The second-order valence-electron chi connectivity index (χ2n) is 7.69. The first-order valence-corrected chi connectivity index (χ1v) is 11.4. The summed E-state index contributed by atoms with van der Waals surface area (Å²) in [5.41, 5.74) is 10.2. The average molecular weight is 590 g/mol. The summed E-state index contributed by atoms with van der Waals surface area (Å²) in [4.78, 5) is 13.2. The third-order valence-corrected chi connectivity index (χ3v) is 5.38. The number of halogens is 3. The minimum absolute atomic E-state index is 0. The number of pyridine rings is 1. The summed E-state index contributed by atoms with van der Waals surface area (Å²) < 4.78 is 1.89. The van der Waals surface area contributed by atoms with Crippen LogP contribution in [0.4, 0.5) is 11.4 Å². The van der Waals surface area contributed by atoms with Crippen molar-refractivity contribution in [3.63, 3.8) is 0 Å². The van der Waals surface area contributed by atoms with Gasteiger partial charge in [-0.25, -0.2) is 0 Å². The largest absolute Gasteiger partial charge is 1.00 e. The maximum Gasteiger partial charge on any atom is -1.00 e. The van der Waals surface area contributed by atoms with Crippen LogP contribution in [0.2, 0.25) is 0 Å². The van der Waals surface area contributed by atoms with Crippen LogP contribution in [0.25, 0.3) is 0 Å². The van der Waals surface area contributed by atoms with E-state index < -0.39 is 0 Å². The molecule has 2 aromatic carbocycles. The van der Waals surface area contributed by atoms with Gasteiger partial charge in [0, 0.05) is 28.1 Å². The van der Waals surface area contributed by atoms with Gasteiger partial charge in [-0.2, -0.15) is 0 Å². The second-order valence-corrected chi connectivity index (χ2v) is 9.34. The van der Waals surface area contributed by atoms with Gasteiger partial charge >= 0.3 is 87.8 Å². The molecule has 7 heteroatoms. The summed E-state index contributed by atoms with van der Waals surface area (Å²) in [6.45, 7) is 14.3. The molecule has 1 aromatic heterocycles. The van der Waals surface area contributed by atoms with Crippen LogP contribution in [0.5, 0.6) is 0 Å². The van der Waals surface area contributed by atoms with E-state index in [1.54, 1.807) is 6.20 Å².